The Morgan fingerprint density at radius 3 is 2.06 bits per heavy atom. The summed E-state index contributed by atoms with van der Waals surface area (Å²) in [4.78, 5) is 0. The quantitative estimate of drug-likeness (QED) is 0.722. The van der Waals surface area contributed by atoms with Crippen LogP contribution in [0.4, 0.5) is 0 Å². The van der Waals surface area contributed by atoms with E-state index >= 15 is 0 Å². The van der Waals surface area contributed by atoms with Crippen LogP contribution in [-0.2, 0) is 18.9 Å². The topological polar surface area (TPSA) is 36.9 Å². The summed E-state index contributed by atoms with van der Waals surface area (Å²) < 4.78 is 22.0. The van der Waals surface area contributed by atoms with Crippen molar-refractivity contribution in [1.82, 2.24) is 0 Å². The molecule has 0 radical (unpaired) electrons. The van der Waals surface area contributed by atoms with E-state index in [1.54, 1.807) is 0 Å². The number of hydrogen-bond donors (Lipinski definition) is 0. The highest BCUT2D eigenvalue weighted by Crippen LogP contribution is 2.09. The molecule has 4 nitrogen and oxygen atoms in total. The summed E-state index contributed by atoms with van der Waals surface area (Å²) in [5.41, 5.74) is 0. The second-order valence-corrected chi connectivity index (χ2v) is 4.42. The summed E-state index contributed by atoms with van der Waals surface area (Å²) in [6, 6.07) is 0. The van der Waals surface area contributed by atoms with Crippen molar-refractivity contribution in [3.63, 3.8) is 0 Å². The van der Waals surface area contributed by atoms with Crippen LogP contribution in [0.3, 0.4) is 0 Å². The van der Waals surface area contributed by atoms with Crippen molar-refractivity contribution in [2.24, 2.45) is 5.92 Å². The lowest BCUT2D eigenvalue weighted by Crippen LogP contribution is -2.26. The van der Waals surface area contributed by atoms with Gasteiger partial charge in [-0.15, -0.1) is 0 Å². The molecule has 1 unspecified atom stereocenters. The molecule has 0 aromatic heterocycles. The lowest BCUT2D eigenvalue weighted by Gasteiger charge is -2.20. The predicted octanol–water partition coefficient (Wildman–Crippen LogP) is 1.48. The van der Waals surface area contributed by atoms with Crippen LogP contribution < -0.4 is 0 Å². The Bertz CT molecular complexity index is 149. The molecule has 1 aliphatic heterocycles. The molecule has 0 bridgehead atoms. The molecular formula is C12H24O4. The fourth-order valence-corrected chi connectivity index (χ4v) is 1.64. The summed E-state index contributed by atoms with van der Waals surface area (Å²) in [6.45, 7) is 8.87. The largest absolute Gasteiger partial charge is 0.377 e. The molecule has 0 spiro atoms. The Balaban J connectivity index is 2.24. The summed E-state index contributed by atoms with van der Waals surface area (Å²) in [5.74, 6) is 0.624. The highest BCUT2D eigenvalue weighted by atomic mass is 16.6. The van der Waals surface area contributed by atoms with Gasteiger partial charge >= 0.3 is 0 Å². The third kappa shape index (κ3) is 7.17. The molecular weight excluding hydrogens is 208 g/mol. The van der Waals surface area contributed by atoms with Crippen LogP contribution in [-0.4, -0.2) is 52.4 Å². The smallest absolute Gasteiger partial charge is 0.0812 e. The van der Waals surface area contributed by atoms with Crippen LogP contribution in [0.25, 0.3) is 0 Å². The molecule has 1 saturated heterocycles. The van der Waals surface area contributed by atoms with E-state index in [2.05, 4.69) is 13.8 Å². The first kappa shape index (κ1) is 13.9. The van der Waals surface area contributed by atoms with Gasteiger partial charge < -0.3 is 18.9 Å². The maximum absolute atomic E-state index is 5.73. The number of hydrogen-bond acceptors (Lipinski definition) is 4. The predicted molar refractivity (Wildman–Crippen MR) is 61.7 cm³/mol. The lowest BCUT2D eigenvalue weighted by molar-refractivity contribution is -0.0715. The van der Waals surface area contributed by atoms with Crippen molar-refractivity contribution in [2.45, 2.75) is 26.4 Å². The van der Waals surface area contributed by atoms with Crippen LogP contribution in [0.1, 0.15) is 20.3 Å². The van der Waals surface area contributed by atoms with Gasteiger partial charge in [-0.05, 0) is 12.3 Å². The molecule has 1 aliphatic rings. The summed E-state index contributed by atoms with van der Waals surface area (Å²) in [6.07, 6.45) is 1.21. The lowest BCUT2D eigenvalue weighted by atomic mass is 10.1. The first-order valence-corrected chi connectivity index (χ1v) is 6.14. The highest BCUT2D eigenvalue weighted by molar-refractivity contribution is 4.60. The second kappa shape index (κ2) is 8.93. The average Bonchev–Trinajstić information content (AvgIpc) is 2.21. The SMILES string of the molecule is CC(C)CC1COCCOCCOCCO1. The van der Waals surface area contributed by atoms with Crippen LogP contribution >= 0.6 is 0 Å². The van der Waals surface area contributed by atoms with E-state index in [-0.39, 0.29) is 6.10 Å². The third-order valence-corrected chi connectivity index (χ3v) is 2.36. The molecule has 0 aliphatic carbocycles. The maximum atomic E-state index is 5.73. The van der Waals surface area contributed by atoms with E-state index in [1.165, 1.54) is 0 Å². The van der Waals surface area contributed by atoms with Gasteiger partial charge in [0, 0.05) is 0 Å². The maximum Gasteiger partial charge on any atom is 0.0812 e. The molecule has 1 atom stereocenters. The van der Waals surface area contributed by atoms with Crippen molar-refractivity contribution in [3.8, 4) is 0 Å². The molecule has 0 aromatic carbocycles. The van der Waals surface area contributed by atoms with E-state index < -0.39 is 0 Å². The fraction of sp³-hybridized carbons (Fsp3) is 1.00. The normalized spacial score (nSPS) is 26.1. The van der Waals surface area contributed by atoms with Crippen molar-refractivity contribution >= 4 is 0 Å². The highest BCUT2D eigenvalue weighted by Gasteiger charge is 2.12. The van der Waals surface area contributed by atoms with Crippen molar-refractivity contribution in [2.75, 3.05) is 46.2 Å². The van der Waals surface area contributed by atoms with E-state index in [4.69, 9.17) is 18.9 Å². The van der Waals surface area contributed by atoms with Gasteiger partial charge in [0.1, 0.15) is 0 Å². The van der Waals surface area contributed by atoms with Gasteiger partial charge in [-0.2, -0.15) is 0 Å². The molecule has 0 amide bonds. The Morgan fingerprint density at radius 1 is 0.875 bits per heavy atom. The summed E-state index contributed by atoms with van der Waals surface area (Å²) >= 11 is 0. The summed E-state index contributed by atoms with van der Waals surface area (Å²) in [7, 11) is 0. The molecule has 0 N–H and O–H groups in total. The Kier molecular flexibility index (Phi) is 7.76. The molecule has 0 saturated carbocycles. The average molecular weight is 232 g/mol. The van der Waals surface area contributed by atoms with Gasteiger partial charge in [-0.25, -0.2) is 0 Å². The van der Waals surface area contributed by atoms with Crippen LogP contribution in [0.15, 0.2) is 0 Å². The van der Waals surface area contributed by atoms with Crippen molar-refractivity contribution < 1.29 is 18.9 Å². The molecule has 16 heavy (non-hydrogen) atoms. The molecule has 1 fully saturated rings. The minimum atomic E-state index is 0.183. The molecule has 0 aromatic rings. The first-order chi connectivity index (χ1) is 7.79. The van der Waals surface area contributed by atoms with Gasteiger partial charge in [-0.3, -0.25) is 0 Å². The van der Waals surface area contributed by atoms with E-state index in [0.29, 0.717) is 52.2 Å². The van der Waals surface area contributed by atoms with Gasteiger partial charge in [0.05, 0.1) is 52.4 Å². The molecule has 96 valence electrons. The number of rotatable bonds is 2. The van der Waals surface area contributed by atoms with Gasteiger partial charge in [0.2, 0.25) is 0 Å². The Morgan fingerprint density at radius 2 is 1.44 bits per heavy atom. The van der Waals surface area contributed by atoms with Gasteiger partial charge in [0.15, 0.2) is 0 Å². The fourth-order valence-electron chi connectivity index (χ4n) is 1.64. The zero-order valence-electron chi connectivity index (χ0n) is 10.4. The van der Waals surface area contributed by atoms with Crippen molar-refractivity contribution in [1.29, 1.82) is 0 Å². The standard InChI is InChI=1S/C12H24O4/c1-11(2)9-12-10-15-6-5-13-3-4-14-7-8-16-12/h11-12H,3-10H2,1-2H3. The zero-order valence-corrected chi connectivity index (χ0v) is 10.4. The monoisotopic (exact) mass is 232 g/mol. The van der Waals surface area contributed by atoms with Crippen molar-refractivity contribution in [3.05, 3.63) is 0 Å². The summed E-state index contributed by atoms with van der Waals surface area (Å²) in [5, 5.41) is 0. The second-order valence-electron chi connectivity index (χ2n) is 4.42. The molecule has 4 heteroatoms. The minimum absolute atomic E-state index is 0.183. The van der Waals surface area contributed by atoms with E-state index in [0.717, 1.165) is 6.42 Å². The van der Waals surface area contributed by atoms with Gasteiger partial charge in [0.25, 0.3) is 0 Å². The van der Waals surface area contributed by atoms with Gasteiger partial charge in [-0.1, -0.05) is 13.8 Å². The van der Waals surface area contributed by atoms with Crippen LogP contribution in [0.5, 0.6) is 0 Å². The number of ether oxygens (including phenoxy) is 4. The van der Waals surface area contributed by atoms with E-state index in [1.807, 2.05) is 0 Å². The molecule has 1 heterocycles. The Hall–Kier alpha value is -0.160. The first-order valence-electron chi connectivity index (χ1n) is 6.14. The molecule has 1 rings (SSSR count). The minimum Gasteiger partial charge on any atom is -0.377 e. The van der Waals surface area contributed by atoms with Crippen LogP contribution in [0.2, 0.25) is 0 Å². The third-order valence-electron chi connectivity index (χ3n) is 2.36. The van der Waals surface area contributed by atoms with Crippen LogP contribution in [0, 0.1) is 5.92 Å². The zero-order chi connectivity index (χ0) is 11.6. The Labute approximate surface area is 98.2 Å². The van der Waals surface area contributed by atoms with E-state index in [9.17, 15) is 0 Å².